The highest BCUT2D eigenvalue weighted by molar-refractivity contribution is 6.02. The molecule has 1 N–H and O–H groups in total. The minimum atomic E-state index is -0.0481. The van der Waals surface area contributed by atoms with Gasteiger partial charge in [0.2, 0.25) is 5.82 Å². The molecular formula is C11H12N4O. The van der Waals surface area contributed by atoms with Gasteiger partial charge in [0.25, 0.3) is 0 Å². The Labute approximate surface area is 92.9 Å². The van der Waals surface area contributed by atoms with E-state index in [1.54, 1.807) is 6.07 Å². The molecule has 0 spiro atoms. The summed E-state index contributed by atoms with van der Waals surface area (Å²) in [5.74, 6) is 0.484. The molecule has 16 heavy (non-hydrogen) atoms. The number of ketones is 1. The molecular weight excluding hydrogens is 204 g/mol. The van der Waals surface area contributed by atoms with Gasteiger partial charge in [0.05, 0.1) is 0 Å². The van der Waals surface area contributed by atoms with E-state index in [0.717, 1.165) is 5.56 Å². The highest BCUT2D eigenvalue weighted by Crippen LogP contribution is 2.21. The average Bonchev–Trinajstić information content (AvgIpc) is 2.81. The second-order valence-corrected chi connectivity index (χ2v) is 3.80. The van der Waals surface area contributed by atoms with Crippen molar-refractivity contribution in [1.82, 2.24) is 20.6 Å². The second-order valence-electron chi connectivity index (χ2n) is 3.80. The van der Waals surface area contributed by atoms with E-state index < -0.39 is 0 Å². The van der Waals surface area contributed by atoms with Crippen LogP contribution in [0.3, 0.4) is 0 Å². The molecule has 0 saturated carbocycles. The van der Waals surface area contributed by atoms with Gasteiger partial charge in [-0.05, 0) is 5.21 Å². The molecule has 0 radical (unpaired) electrons. The van der Waals surface area contributed by atoms with Crippen LogP contribution in [0.15, 0.2) is 24.3 Å². The molecule has 5 heteroatoms. The average molecular weight is 216 g/mol. The van der Waals surface area contributed by atoms with E-state index in [4.69, 9.17) is 0 Å². The first-order valence-corrected chi connectivity index (χ1v) is 5.07. The first kappa shape index (κ1) is 10.5. The first-order chi connectivity index (χ1) is 7.70. The maximum Gasteiger partial charge on any atom is 0.205 e. The largest absolute Gasteiger partial charge is 0.294 e. The Morgan fingerprint density at radius 2 is 2.06 bits per heavy atom. The number of carbonyl (C=O) groups excluding carboxylic acids is 1. The van der Waals surface area contributed by atoms with Crippen LogP contribution in [0.4, 0.5) is 0 Å². The number of benzene rings is 1. The molecule has 2 rings (SSSR count). The third-order valence-electron chi connectivity index (χ3n) is 2.30. The number of hydrogen-bond acceptors (Lipinski definition) is 4. The van der Waals surface area contributed by atoms with Crippen LogP contribution in [0.2, 0.25) is 0 Å². The van der Waals surface area contributed by atoms with Crippen molar-refractivity contribution >= 4 is 5.78 Å². The van der Waals surface area contributed by atoms with Crippen LogP contribution in [0.1, 0.15) is 24.2 Å². The van der Waals surface area contributed by atoms with Crippen molar-refractivity contribution in [3.05, 3.63) is 29.8 Å². The van der Waals surface area contributed by atoms with Crippen molar-refractivity contribution in [3.8, 4) is 11.4 Å². The van der Waals surface area contributed by atoms with Crippen LogP contribution in [-0.4, -0.2) is 26.4 Å². The number of aromatic amines is 1. The van der Waals surface area contributed by atoms with Gasteiger partial charge in [0.15, 0.2) is 5.78 Å². The van der Waals surface area contributed by atoms with Crippen LogP contribution >= 0.6 is 0 Å². The Balaban J connectivity index is 2.51. The topological polar surface area (TPSA) is 71.5 Å². The summed E-state index contributed by atoms with van der Waals surface area (Å²) in [6, 6.07) is 7.29. The van der Waals surface area contributed by atoms with E-state index in [9.17, 15) is 4.79 Å². The van der Waals surface area contributed by atoms with E-state index in [1.807, 2.05) is 32.0 Å². The molecule has 1 aromatic heterocycles. The summed E-state index contributed by atoms with van der Waals surface area (Å²) in [6.45, 7) is 3.74. The lowest BCUT2D eigenvalue weighted by Crippen LogP contribution is -2.09. The fourth-order valence-corrected chi connectivity index (χ4v) is 1.48. The van der Waals surface area contributed by atoms with E-state index >= 15 is 0 Å². The fourth-order valence-electron chi connectivity index (χ4n) is 1.48. The normalized spacial score (nSPS) is 10.7. The number of hydrogen-bond donors (Lipinski definition) is 1. The third kappa shape index (κ3) is 1.84. The summed E-state index contributed by atoms with van der Waals surface area (Å²) >= 11 is 0. The molecule has 0 saturated heterocycles. The zero-order valence-electron chi connectivity index (χ0n) is 9.14. The summed E-state index contributed by atoms with van der Waals surface area (Å²) in [5.41, 5.74) is 1.36. The summed E-state index contributed by atoms with van der Waals surface area (Å²) in [5, 5.41) is 13.7. The minimum absolute atomic E-state index is 0.0481. The maximum atomic E-state index is 12.0. The summed E-state index contributed by atoms with van der Waals surface area (Å²) in [4.78, 5) is 12.0. The minimum Gasteiger partial charge on any atom is -0.294 e. The Bertz CT molecular complexity index is 490. The molecule has 0 amide bonds. The lowest BCUT2D eigenvalue weighted by Gasteiger charge is -2.07. The molecule has 1 aromatic carbocycles. The molecule has 0 bridgehead atoms. The Morgan fingerprint density at radius 3 is 2.69 bits per heavy atom. The van der Waals surface area contributed by atoms with E-state index in [-0.39, 0.29) is 11.7 Å². The van der Waals surface area contributed by atoms with E-state index in [1.165, 1.54) is 0 Å². The van der Waals surface area contributed by atoms with Gasteiger partial charge in [0, 0.05) is 17.0 Å². The van der Waals surface area contributed by atoms with Gasteiger partial charge < -0.3 is 0 Å². The van der Waals surface area contributed by atoms with Crippen molar-refractivity contribution in [3.63, 3.8) is 0 Å². The standard InChI is InChI=1S/C11H12N4O/c1-7(2)10(16)8-5-3-4-6-9(8)11-12-14-15-13-11/h3-7H,1-2H3,(H,12,13,14,15). The maximum absolute atomic E-state index is 12.0. The highest BCUT2D eigenvalue weighted by Gasteiger charge is 2.17. The van der Waals surface area contributed by atoms with Crippen LogP contribution in [0.5, 0.6) is 0 Å². The van der Waals surface area contributed by atoms with E-state index in [2.05, 4.69) is 20.6 Å². The summed E-state index contributed by atoms with van der Waals surface area (Å²) in [6.07, 6.45) is 0. The van der Waals surface area contributed by atoms with Crippen LogP contribution in [0.25, 0.3) is 11.4 Å². The van der Waals surface area contributed by atoms with Gasteiger partial charge >= 0.3 is 0 Å². The highest BCUT2D eigenvalue weighted by atomic mass is 16.1. The molecule has 0 aliphatic rings. The van der Waals surface area contributed by atoms with Crippen LogP contribution in [0, 0.1) is 5.92 Å². The van der Waals surface area contributed by atoms with Gasteiger partial charge in [-0.3, -0.25) is 4.79 Å². The number of rotatable bonds is 3. The van der Waals surface area contributed by atoms with Crippen molar-refractivity contribution in [2.75, 3.05) is 0 Å². The molecule has 1 heterocycles. The van der Waals surface area contributed by atoms with Crippen LogP contribution in [-0.2, 0) is 0 Å². The number of H-pyrrole nitrogens is 1. The fraction of sp³-hybridized carbons (Fsp3) is 0.273. The van der Waals surface area contributed by atoms with Gasteiger partial charge in [-0.1, -0.05) is 38.1 Å². The number of Topliss-reactive ketones (excluding diaryl/α,β-unsaturated/α-hetero) is 1. The SMILES string of the molecule is CC(C)C(=O)c1ccccc1-c1nn[nH]n1. The number of tetrazole rings is 1. The number of carbonyl (C=O) groups is 1. The predicted molar refractivity (Wildman–Crippen MR) is 58.8 cm³/mol. The Kier molecular flexibility index (Phi) is 2.76. The summed E-state index contributed by atoms with van der Waals surface area (Å²) in [7, 11) is 0. The van der Waals surface area contributed by atoms with E-state index in [0.29, 0.717) is 11.4 Å². The van der Waals surface area contributed by atoms with Gasteiger partial charge in [-0.25, -0.2) is 0 Å². The van der Waals surface area contributed by atoms with Gasteiger partial charge in [-0.15, -0.1) is 10.2 Å². The molecule has 0 aliphatic heterocycles. The lowest BCUT2D eigenvalue weighted by molar-refractivity contribution is 0.0940. The molecule has 5 nitrogen and oxygen atoms in total. The van der Waals surface area contributed by atoms with Crippen molar-refractivity contribution < 1.29 is 4.79 Å². The number of nitrogens with one attached hydrogen (secondary N) is 1. The molecule has 0 aliphatic carbocycles. The smallest absolute Gasteiger partial charge is 0.205 e. The van der Waals surface area contributed by atoms with Crippen LogP contribution < -0.4 is 0 Å². The predicted octanol–water partition coefficient (Wildman–Crippen LogP) is 1.71. The molecule has 2 aromatic rings. The van der Waals surface area contributed by atoms with Crippen molar-refractivity contribution in [2.45, 2.75) is 13.8 Å². The zero-order chi connectivity index (χ0) is 11.5. The molecule has 82 valence electrons. The second kappa shape index (κ2) is 4.22. The number of nitrogens with zero attached hydrogens (tertiary/aromatic N) is 3. The van der Waals surface area contributed by atoms with Crippen molar-refractivity contribution in [1.29, 1.82) is 0 Å². The zero-order valence-corrected chi connectivity index (χ0v) is 9.14. The quantitative estimate of drug-likeness (QED) is 0.793. The summed E-state index contributed by atoms with van der Waals surface area (Å²) < 4.78 is 0. The monoisotopic (exact) mass is 216 g/mol. The Hall–Kier alpha value is -2.04. The van der Waals surface area contributed by atoms with Gasteiger partial charge in [-0.2, -0.15) is 5.21 Å². The lowest BCUT2D eigenvalue weighted by atomic mass is 9.96. The van der Waals surface area contributed by atoms with Crippen molar-refractivity contribution in [2.24, 2.45) is 5.92 Å². The molecule has 0 unspecified atom stereocenters. The molecule has 0 atom stereocenters. The third-order valence-corrected chi connectivity index (χ3v) is 2.30. The first-order valence-electron chi connectivity index (χ1n) is 5.07. The Morgan fingerprint density at radius 1 is 1.31 bits per heavy atom. The molecule has 0 fully saturated rings. The van der Waals surface area contributed by atoms with Gasteiger partial charge in [0.1, 0.15) is 0 Å². The number of aromatic nitrogens is 4.